The number of hydrogen-bond donors (Lipinski definition) is 4. The van der Waals surface area contributed by atoms with Crippen LogP contribution in [0, 0.1) is 0 Å². The lowest BCUT2D eigenvalue weighted by atomic mass is 10.0. The molecule has 7 nitrogen and oxygen atoms in total. The van der Waals surface area contributed by atoms with Gasteiger partial charge in [-0.15, -0.1) is 0 Å². The fourth-order valence-electron chi connectivity index (χ4n) is 3.26. The fourth-order valence-corrected chi connectivity index (χ4v) is 3.26. The third-order valence-electron chi connectivity index (χ3n) is 4.90. The first-order valence-electron chi connectivity index (χ1n) is 9.33. The average molecular weight is 401 g/mol. The fraction of sp³-hybridized carbons (Fsp3) is 0.0870. The van der Waals surface area contributed by atoms with Crippen molar-refractivity contribution < 1.29 is 10.2 Å². The highest BCUT2D eigenvalue weighted by molar-refractivity contribution is 5.82. The SMILES string of the molecule is C[C@@H](Nc1c(Nc2ccc(O)c(-c3ccncc3)c2)c(=O)c1=O)c1cccc(O)c1. The molecule has 0 aliphatic heterocycles. The summed E-state index contributed by atoms with van der Waals surface area (Å²) in [4.78, 5) is 28.3. The number of hydrogen-bond acceptors (Lipinski definition) is 7. The van der Waals surface area contributed by atoms with Gasteiger partial charge in [0.2, 0.25) is 0 Å². The Morgan fingerprint density at radius 3 is 2.37 bits per heavy atom. The molecule has 0 fully saturated rings. The van der Waals surface area contributed by atoms with Gasteiger partial charge < -0.3 is 20.8 Å². The number of phenolic OH excluding ortho intramolecular Hbond substituents is 2. The molecule has 1 aromatic heterocycles. The van der Waals surface area contributed by atoms with Gasteiger partial charge in [0, 0.05) is 29.7 Å². The zero-order valence-electron chi connectivity index (χ0n) is 16.1. The molecule has 30 heavy (non-hydrogen) atoms. The summed E-state index contributed by atoms with van der Waals surface area (Å²) in [6.07, 6.45) is 3.24. The van der Waals surface area contributed by atoms with Crippen LogP contribution >= 0.6 is 0 Å². The third-order valence-corrected chi connectivity index (χ3v) is 4.90. The van der Waals surface area contributed by atoms with Crippen LogP contribution in [0.5, 0.6) is 11.5 Å². The smallest absolute Gasteiger partial charge is 0.253 e. The Labute approximate surface area is 172 Å². The van der Waals surface area contributed by atoms with Crippen LogP contribution in [0.25, 0.3) is 11.1 Å². The molecular formula is C23H19N3O4. The summed E-state index contributed by atoms with van der Waals surface area (Å²) in [6.45, 7) is 1.83. The summed E-state index contributed by atoms with van der Waals surface area (Å²) in [6, 6.07) is 14.8. The highest BCUT2D eigenvalue weighted by Gasteiger charge is 2.23. The van der Waals surface area contributed by atoms with Gasteiger partial charge in [0.05, 0.1) is 0 Å². The molecule has 0 amide bonds. The standard InChI is InChI=1S/C23H19N3O4/c1-13(15-3-2-4-17(27)11-15)25-20-21(23(30)22(20)29)26-16-5-6-19(28)18(12-16)14-7-9-24-10-8-14/h2-13,25-28H,1H3/t13-/m1/s1. The first kappa shape index (κ1) is 19.2. The van der Waals surface area contributed by atoms with E-state index in [0.717, 1.165) is 11.1 Å². The zero-order valence-corrected chi connectivity index (χ0v) is 16.1. The number of nitrogens with zero attached hydrogens (tertiary/aromatic N) is 1. The lowest BCUT2D eigenvalue weighted by molar-refractivity contribution is 0.474. The second-order valence-corrected chi connectivity index (χ2v) is 6.96. The van der Waals surface area contributed by atoms with Crippen LogP contribution in [0.15, 0.2) is 76.6 Å². The van der Waals surface area contributed by atoms with E-state index in [2.05, 4.69) is 15.6 Å². The molecule has 0 aliphatic rings. The minimum absolute atomic E-state index is 0.0904. The molecule has 4 aromatic rings. The monoisotopic (exact) mass is 401 g/mol. The summed E-state index contributed by atoms with van der Waals surface area (Å²) >= 11 is 0. The van der Waals surface area contributed by atoms with Gasteiger partial charge in [-0.1, -0.05) is 12.1 Å². The van der Waals surface area contributed by atoms with E-state index >= 15 is 0 Å². The van der Waals surface area contributed by atoms with Crippen LogP contribution in [-0.2, 0) is 0 Å². The highest BCUT2D eigenvalue weighted by Crippen LogP contribution is 2.33. The number of aromatic hydroxyl groups is 2. The van der Waals surface area contributed by atoms with Crippen LogP contribution in [0.2, 0.25) is 0 Å². The molecule has 3 aromatic carbocycles. The van der Waals surface area contributed by atoms with Crippen molar-refractivity contribution in [2.75, 3.05) is 10.6 Å². The molecule has 4 N–H and O–H groups in total. The molecule has 0 saturated carbocycles. The van der Waals surface area contributed by atoms with E-state index in [4.69, 9.17) is 0 Å². The number of rotatable bonds is 6. The van der Waals surface area contributed by atoms with Crippen LogP contribution in [-0.4, -0.2) is 15.2 Å². The van der Waals surface area contributed by atoms with Crippen LogP contribution in [0.1, 0.15) is 18.5 Å². The maximum atomic E-state index is 12.2. The van der Waals surface area contributed by atoms with Crippen LogP contribution < -0.4 is 21.5 Å². The van der Waals surface area contributed by atoms with Crippen LogP contribution in [0.3, 0.4) is 0 Å². The summed E-state index contributed by atoms with van der Waals surface area (Å²) in [5, 5.41) is 25.9. The molecule has 150 valence electrons. The van der Waals surface area contributed by atoms with E-state index in [-0.39, 0.29) is 28.9 Å². The van der Waals surface area contributed by atoms with Crippen molar-refractivity contribution in [1.82, 2.24) is 4.98 Å². The van der Waals surface area contributed by atoms with E-state index in [1.54, 1.807) is 54.9 Å². The molecular weight excluding hydrogens is 382 g/mol. The van der Waals surface area contributed by atoms with Crippen molar-refractivity contribution in [3.8, 4) is 22.6 Å². The topological polar surface area (TPSA) is 112 Å². The van der Waals surface area contributed by atoms with E-state index in [1.165, 1.54) is 6.07 Å². The van der Waals surface area contributed by atoms with Crippen molar-refractivity contribution in [1.29, 1.82) is 0 Å². The zero-order chi connectivity index (χ0) is 21.3. The Morgan fingerprint density at radius 1 is 0.900 bits per heavy atom. The average Bonchev–Trinajstić information content (AvgIpc) is 2.77. The Morgan fingerprint density at radius 2 is 1.63 bits per heavy atom. The Hall–Kier alpha value is -4.13. The van der Waals surface area contributed by atoms with Gasteiger partial charge >= 0.3 is 0 Å². The Bertz CT molecular complexity index is 1280. The predicted molar refractivity (Wildman–Crippen MR) is 116 cm³/mol. The number of nitrogens with one attached hydrogen (secondary N) is 2. The van der Waals surface area contributed by atoms with Crippen molar-refractivity contribution in [2.24, 2.45) is 0 Å². The lowest BCUT2D eigenvalue weighted by Gasteiger charge is -2.20. The lowest BCUT2D eigenvalue weighted by Crippen LogP contribution is -2.37. The second kappa shape index (κ2) is 7.71. The molecule has 0 unspecified atom stereocenters. The minimum Gasteiger partial charge on any atom is -0.508 e. The quantitative estimate of drug-likeness (QED) is 0.288. The summed E-state index contributed by atoms with van der Waals surface area (Å²) in [5.41, 5.74) is 1.82. The molecule has 0 bridgehead atoms. The van der Waals surface area contributed by atoms with Crippen molar-refractivity contribution in [3.63, 3.8) is 0 Å². The molecule has 1 atom stereocenters. The molecule has 4 rings (SSSR count). The van der Waals surface area contributed by atoms with Crippen molar-refractivity contribution >= 4 is 17.1 Å². The summed E-state index contributed by atoms with van der Waals surface area (Å²) < 4.78 is 0. The number of benzene rings is 2. The Kier molecular flexibility index (Phi) is 4.93. The van der Waals surface area contributed by atoms with Gasteiger partial charge in [-0.05, 0) is 60.5 Å². The Balaban J connectivity index is 1.60. The molecule has 1 heterocycles. The molecule has 0 radical (unpaired) electrons. The second-order valence-electron chi connectivity index (χ2n) is 6.96. The largest absolute Gasteiger partial charge is 0.508 e. The maximum absolute atomic E-state index is 12.2. The van der Waals surface area contributed by atoms with Crippen molar-refractivity contribution in [2.45, 2.75) is 13.0 Å². The van der Waals surface area contributed by atoms with Gasteiger partial charge in [-0.2, -0.15) is 0 Å². The van der Waals surface area contributed by atoms with E-state index < -0.39 is 10.9 Å². The molecule has 0 aliphatic carbocycles. The van der Waals surface area contributed by atoms with Crippen LogP contribution in [0.4, 0.5) is 17.1 Å². The first-order chi connectivity index (χ1) is 14.4. The highest BCUT2D eigenvalue weighted by atomic mass is 16.3. The van der Waals surface area contributed by atoms with E-state index in [0.29, 0.717) is 11.3 Å². The molecule has 0 saturated heterocycles. The maximum Gasteiger partial charge on any atom is 0.253 e. The predicted octanol–water partition coefficient (Wildman–Crippen LogP) is 3.67. The summed E-state index contributed by atoms with van der Waals surface area (Å²) in [5.74, 6) is 0.213. The number of phenols is 2. The molecule has 7 heteroatoms. The van der Waals surface area contributed by atoms with Gasteiger partial charge in [-0.3, -0.25) is 14.6 Å². The van der Waals surface area contributed by atoms with Gasteiger partial charge in [0.25, 0.3) is 10.9 Å². The van der Waals surface area contributed by atoms with Crippen molar-refractivity contribution in [3.05, 3.63) is 93.0 Å². The van der Waals surface area contributed by atoms with E-state index in [9.17, 15) is 19.8 Å². The first-order valence-corrected chi connectivity index (χ1v) is 9.33. The minimum atomic E-state index is -0.612. The summed E-state index contributed by atoms with van der Waals surface area (Å²) in [7, 11) is 0. The number of anilines is 3. The molecule has 0 spiro atoms. The van der Waals surface area contributed by atoms with Gasteiger partial charge in [-0.25, -0.2) is 0 Å². The normalized spacial score (nSPS) is 11.9. The van der Waals surface area contributed by atoms with Gasteiger partial charge in [0.15, 0.2) is 0 Å². The van der Waals surface area contributed by atoms with E-state index in [1.807, 2.05) is 13.0 Å². The third kappa shape index (κ3) is 3.60. The van der Waals surface area contributed by atoms with Gasteiger partial charge in [0.1, 0.15) is 22.9 Å². The number of aromatic nitrogens is 1. The number of pyridine rings is 1.